The molecule has 0 aliphatic heterocycles. The monoisotopic (exact) mass is 436 g/mol. The Labute approximate surface area is 175 Å². The fourth-order valence-electron chi connectivity index (χ4n) is 3.45. The van der Waals surface area contributed by atoms with Crippen LogP contribution in [0.5, 0.6) is 0 Å². The fraction of sp³-hybridized carbons (Fsp3) is 0.316. The zero-order chi connectivity index (χ0) is 19.8. The molecule has 28 heavy (non-hydrogen) atoms. The number of nitrogens with one attached hydrogen (secondary N) is 2. The summed E-state index contributed by atoms with van der Waals surface area (Å²) in [4.78, 5) is 36.1. The number of hydrogen-bond acceptors (Lipinski definition) is 5. The number of aromatic amines is 1. The molecule has 4 rings (SSSR count). The maximum Gasteiger partial charge on any atom is 0.259 e. The van der Waals surface area contributed by atoms with Gasteiger partial charge in [0.15, 0.2) is 0 Å². The van der Waals surface area contributed by atoms with Gasteiger partial charge in [-0.2, -0.15) is 0 Å². The molecule has 2 heterocycles. The molecule has 1 aliphatic rings. The number of carbonyl (C=O) groups excluding carboxylic acids is 1. The molecule has 1 amide bonds. The van der Waals surface area contributed by atoms with E-state index in [1.807, 2.05) is 0 Å². The minimum Gasteiger partial charge on any atom is -0.325 e. The third-order valence-corrected chi connectivity index (χ3v) is 6.59. The van der Waals surface area contributed by atoms with Crippen molar-refractivity contribution in [2.45, 2.75) is 25.8 Å². The molecule has 0 spiro atoms. The van der Waals surface area contributed by atoms with Gasteiger partial charge in [-0.25, -0.2) is 4.98 Å². The number of rotatable bonds is 5. The van der Waals surface area contributed by atoms with Crippen LogP contribution in [-0.2, 0) is 24.2 Å². The number of aryl methyl sites for hydroxylation is 2. The largest absolute Gasteiger partial charge is 0.325 e. The Kier molecular flexibility index (Phi) is 5.42. The number of benzene rings is 1. The summed E-state index contributed by atoms with van der Waals surface area (Å²) in [5.74, 6) is 0.363. The molecular formula is C19H18Cl2N4O2S. The Morgan fingerprint density at radius 3 is 2.93 bits per heavy atom. The standard InChI is InChI=1S/C19H18Cl2N4O2S/c1-25(9-16(26)22-10-5-6-12(20)13(21)7-10)8-15-23-18(27)17-11-3-2-4-14(11)28-19(17)24-15/h5-7H,2-4,8-9H2,1H3,(H,22,26)(H,23,24,27). The molecule has 0 radical (unpaired) electrons. The molecule has 9 heteroatoms. The van der Waals surface area contributed by atoms with Gasteiger partial charge in [0, 0.05) is 10.6 Å². The van der Waals surface area contributed by atoms with E-state index in [0.29, 0.717) is 28.1 Å². The lowest BCUT2D eigenvalue weighted by atomic mass is 10.2. The average molecular weight is 437 g/mol. The van der Waals surface area contributed by atoms with E-state index in [4.69, 9.17) is 23.2 Å². The highest BCUT2D eigenvalue weighted by Gasteiger charge is 2.21. The normalized spacial score (nSPS) is 13.3. The minimum atomic E-state index is -0.195. The maximum atomic E-state index is 12.5. The third-order valence-electron chi connectivity index (χ3n) is 4.66. The molecule has 3 aromatic rings. The van der Waals surface area contributed by atoms with Gasteiger partial charge >= 0.3 is 0 Å². The van der Waals surface area contributed by atoms with Gasteiger partial charge in [-0.3, -0.25) is 14.5 Å². The highest BCUT2D eigenvalue weighted by Crippen LogP contribution is 2.34. The van der Waals surface area contributed by atoms with Crippen LogP contribution in [0.15, 0.2) is 23.0 Å². The molecule has 0 saturated carbocycles. The van der Waals surface area contributed by atoms with Crippen molar-refractivity contribution >= 4 is 56.3 Å². The first-order valence-corrected chi connectivity index (χ1v) is 10.4. The molecule has 0 unspecified atom stereocenters. The smallest absolute Gasteiger partial charge is 0.259 e. The maximum absolute atomic E-state index is 12.5. The number of H-pyrrole nitrogens is 1. The predicted molar refractivity (Wildman–Crippen MR) is 114 cm³/mol. The summed E-state index contributed by atoms with van der Waals surface area (Å²) in [5.41, 5.74) is 1.65. The van der Waals surface area contributed by atoms with E-state index >= 15 is 0 Å². The zero-order valence-electron chi connectivity index (χ0n) is 15.1. The van der Waals surface area contributed by atoms with Crippen LogP contribution in [0.3, 0.4) is 0 Å². The minimum absolute atomic E-state index is 0.0898. The Balaban J connectivity index is 1.43. The van der Waals surface area contributed by atoms with Gasteiger partial charge in [0.2, 0.25) is 5.91 Å². The van der Waals surface area contributed by atoms with Crippen LogP contribution in [0.25, 0.3) is 10.2 Å². The first-order valence-electron chi connectivity index (χ1n) is 8.87. The van der Waals surface area contributed by atoms with Crippen LogP contribution >= 0.6 is 34.5 Å². The number of aromatic nitrogens is 2. The van der Waals surface area contributed by atoms with Crippen molar-refractivity contribution in [3.05, 3.63) is 54.9 Å². The number of carbonyl (C=O) groups is 1. The Bertz CT molecular complexity index is 1130. The number of nitrogens with zero attached hydrogens (tertiary/aromatic N) is 2. The summed E-state index contributed by atoms with van der Waals surface area (Å²) in [7, 11) is 1.80. The molecule has 0 atom stereocenters. The van der Waals surface area contributed by atoms with E-state index in [1.165, 1.54) is 4.88 Å². The summed E-state index contributed by atoms with van der Waals surface area (Å²) >= 11 is 13.5. The van der Waals surface area contributed by atoms with Crippen LogP contribution in [0.2, 0.25) is 10.0 Å². The summed E-state index contributed by atoms with van der Waals surface area (Å²) in [6.07, 6.45) is 3.09. The van der Waals surface area contributed by atoms with Gasteiger partial charge in [-0.1, -0.05) is 23.2 Å². The van der Waals surface area contributed by atoms with E-state index in [1.54, 1.807) is 41.5 Å². The topological polar surface area (TPSA) is 78.1 Å². The van der Waals surface area contributed by atoms with E-state index in [9.17, 15) is 9.59 Å². The Hall–Kier alpha value is -1.93. The number of thiophene rings is 1. The van der Waals surface area contributed by atoms with E-state index in [2.05, 4.69) is 15.3 Å². The lowest BCUT2D eigenvalue weighted by Crippen LogP contribution is -2.31. The van der Waals surface area contributed by atoms with Gasteiger partial charge in [0.1, 0.15) is 10.7 Å². The zero-order valence-corrected chi connectivity index (χ0v) is 17.5. The van der Waals surface area contributed by atoms with Crippen molar-refractivity contribution in [1.29, 1.82) is 0 Å². The predicted octanol–water partition coefficient (Wildman–Crippen LogP) is 3.85. The molecule has 146 valence electrons. The SMILES string of the molecule is CN(CC(=O)Nc1ccc(Cl)c(Cl)c1)Cc1nc2sc3c(c2c(=O)[nH]1)CCC3. The second-order valence-electron chi connectivity index (χ2n) is 6.90. The van der Waals surface area contributed by atoms with Gasteiger partial charge in [0.25, 0.3) is 5.56 Å². The van der Waals surface area contributed by atoms with Crippen LogP contribution in [0.1, 0.15) is 22.7 Å². The van der Waals surface area contributed by atoms with Crippen molar-refractivity contribution in [3.63, 3.8) is 0 Å². The number of fused-ring (bicyclic) bond motifs is 3. The van der Waals surface area contributed by atoms with Crippen LogP contribution < -0.4 is 10.9 Å². The number of amides is 1. The first kappa shape index (κ1) is 19.4. The quantitative estimate of drug-likeness (QED) is 0.636. The Morgan fingerprint density at radius 2 is 2.14 bits per heavy atom. The number of anilines is 1. The summed E-state index contributed by atoms with van der Waals surface area (Å²) in [6.45, 7) is 0.505. The molecule has 0 saturated heterocycles. The number of halogens is 2. The number of hydrogen-bond donors (Lipinski definition) is 2. The fourth-order valence-corrected chi connectivity index (χ4v) is 5.03. The van der Waals surface area contributed by atoms with Gasteiger partial charge in [0.05, 0.1) is 28.5 Å². The lowest BCUT2D eigenvalue weighted by Gasteiger charge is -2.16. The van der Waals surface area contributed by atoms with E-state index in [0.717, 1.165) is 35.0 Å². The highest BCUT2D eigenvalue weighted by atomic mass is 35.5. The van der Waals surface area contributed by atoms with Crippen molar-refractivity contribution in [3.8, 4) is 0 Å². The molecule has 6 nitrogen and oxygen atoms in total. The summed E-state index contributed by atoms with van der Waals surface area (Å²) in [6, 6.07) is 4.92. The van der Waals surface area contributed by atoms with Gasteiger partial charge in [-0.15, -0.1) is 11.3 Å². The molecule has 2 N–H and O–H groups in total. The Morgan fingerprint density at radius 1 is 1.32 bits per heavy atom. The molecule has 0 bridgehead atoms. The molecule has 1 aromatic carbocycles. The van der Waals surface area contributed by atoms with Crippen molar-refractivity contribution in [1.82, 2.24) is 14.9 Å². The average Bonchev–Trinajstić information content (AvgIpc) is 3.18. The van der Waals surface area contributed by atoms with Crippen LogP contribution in [0, 0.1) is 0 Å². The van der Waals surface area contributed by atoms with Crippen molar-refractivity contribution < 1.29 is 4.79 Å². The van der Waals surface area contributed by atoms with E-state index < -0.39 is 0 Å². The lowest BCUT2D eigenvalue weighted by molar-refractivity contribution is -0.117. The second kappa shape index (κ2) is 7.83. The molecule has 0 fully saturated rings. The van der Waals surface area contributed by atoms with Crippen molar-refractivity contribution in [2.24, 2.45) is 0 Å². The van der Waals surface area contributed by atoms with E-state index in [-0.39, 0.29) is 18.0 Å². The van der Waals surface area contributed by atoms with Gasteiger partial charge in [-0.05, 0) is 50.1 Å². The molecule has 1 aliphatic carbocycles. The van der Waals surface area contributed by atoms with Gasteiger partial charge < -0.3 is 10.3 Å². The van der Waals surface area contributed by atoms with Crippen molar-refractivity contribution in [2.75, 3.05) is 18.9 Å². The summed E-state index contributed by atoms with van der Waals surface area (Å²) in [5, 5.41) is 4.33. The molecular weight excluding hydrogens is 419 g/mol. The summed E-state index contributed by atoms with van der Waals surface area (Å²) < 4.78 is 0. The number of likely N-dealkylation sites (N-methyl/N-ethyl adjacent to an activating group) is 1. The highest BCUT2D eigenvalue weighted by molar-refractivity contribution is 7.18. The van der Waals surface area contributed by atoms with Crippen LogP contribution in [-0.4, -0.2) is 34.4 Å². The molecule has 2 aromatic heterocycles. The third kappa shape index (κ3) is 3.93. The first-order chi connectivity index (χ1) is 13.4. The second-order valence-corrected chi connectivity index (χ2v) is 8.80. The van der Waals surface area contributed by atoms with Crippen LogP contribution in [0.4, 0.5) is 5.69 Å².